The zero-order valence-corrected chi connectivity index (χ0v) is 18.5. The smallest absolute Gasteiger partial charge is 0.193 e. The first-order valence-corrected chi connectivity index (χ1v) is 9.42. The van der Waals surface area contributed by atoms with Gasteiger partial charge in [-0.1, -0.05) is 18.2 Å². The maximum absolute atomic E-state index is 5.29. The van der Waals surface area contributed by atoms with Crippen LogP contribution in [0.1, 0.15) is 13.3 Å². The van der Waals surface area contributed by atoms with Gasteiger partial charge in [-0.2, -0.15) is 0 Å². The number of fused-ring (bicyclic) bond motifs is 1. The van der Waals surface area contributed by atoms with Crippen LogP contribution < -0.4 is 10.6 Å². The number of pyridine rings is 1. The minimum atomic E-state index is 0. The molecule has 27 heavy (non-hydrogen) atoms. The number of nitrogens with zero attached hydrogens (tertiary/aromatic N) is 3. The third-order valence-corrected chi connectivity index (χ3v) is 4.60. The number of anilines is 1. The minimum Gasteiger partial charge on any atom is -0.384 e. The summed E-state index contributed by atoms with van der Waals surface area (Å²) in [5, 5.41) is 7.93. The summed E-state index contributed by atoms with van der Waals surface area (Å²) in [4.78, 5) is 11.7. The quantitative estimate of drug-likeness (QED) is 0.274. The third kappa shape index (κ3) is 6.21. The highest BCUT2D eigenvalue weighted by Crippen LogP contribution is 2.16. The molecule has 1 aromatic carbocycles. The number of hydrogen-bond donors (Lipinski definition) is 2. The Kier molecular flexibility index (Phi) is 9.06. The lowest BCUT2D eigenvalue weighted by Crippen LogP contribution is -2.40. The highest BCUT2D eigenvalue weighted by Gasteiger charge is 2.24. The Balaban J connectivity index is 0.00000261. The van der Waals surface area contributed by atoms with Gasteiger partial charge >= 0.3 is 0 Å². The number of rotatable bonds is 7. The molecule has 1 aliphatic rings. The predicted molar refractivity (Wildman–Crippen MR) is 123 cm³/mol. The van der Waals surface area contributed by atoms with E-state index in [1.165, 1.54) is 0 Å². The number of aliphatic imine (C=N–C) groups is 1. The molecule has 6 nitrogen and oxygen atoms in total. The highest BCUT2D eigenvalue weighted by molar-refractivity contribution is 14.0. The van der Waals surface area contributed by atoms with Crippen molar-refractivity contribution >= 4 is 46.7 Å². The molecule has 0 spiro atoms. The van der Waals surface area contributed by atoms with E-state index in [-0.39, 0.29) is 24.0 Å². The fraction of sp³-hybridized carbons (Fsp3) is 0.500. The summed E-state index contributed by atoms with van der Waals surface area (Å²) in [6.07, 6.45) is 1.16. The molecular formula is C20H30IN5O. The lowest BCUT2D eigenvalue weighted by Gasteiger charge is -2.21. The van der Waals surface area contributed by atoms with Crippen LogP contribution in [0.15, 0.2) is 41.4 Å². The van der Waals surface area contributed by atoms with Gasteiger partial charge in [0.2, 0.25) is 0 Å². The van der Waals surface area contributed by atoms with Gasteiger partial charge in [0.15, 0.2) is 5.96 Å². The van der Waals surface area contributed by atoms with Gasteiger partial charge in [0.05, 0.1) is 18.7 Å². The van der Waals surface area contributed by atoms with Gasteiger partial charge in [-0.3, -0.25) is 4.99 Å². The number of hydrogen-bond acceptors (Lipinski definition) is 4. The fourth-order valence-corrected chi connectivity index (χ4v) is 3.33. The molecule has 2 heterocycles. The van der Waals surface area contributed by atoms with Crippen molar-refractivity contribution in [3.05, 3.63) is 36.4 Å². The summed E-state index contributed by atoms with van der Waals surface area (Å²) in [6.45, 7) is 7.33. The van der Waals surface area contributed by atoms with Crippen molar-refractivity contribution in [2.45, 2.75) is 13.3 Å². The molecule has 0 saturated carbocycles. The van der Waals surface area contributed by atoms with E-state index in [4.69, 9.17) is 9.73 Å². The number of para-hydroxylation sites is 1. The lowest BCUT2D eigenvalue weighted by atomic mass is 10.1. The Morgan fingerprint density at radius 1 is 1.30 bits per heavy atom. The number of ether oxygens (including phenoxy) is 1. The van der Waals surface area contributed by atoms with Crippen molar-refractivity contribution in [2.24, 2.45) is 10.9 Å². The van der Waals surface area contributed by atoms with Gasteiger partial charge in [-0.25, -0.2) is 4.98 Å². The number of methoxy groups -OCH3 is 1. The van der Waals surface area contributed by atoms with Crippen LogP contribution in [0.2, 0.25) is 0 Å². The Bertz CT molecular complexity index is 739. The average Bonchev–Trinajstić information content (AvgIpc) is 3.13. The van der Waals surface area contributed by atoms with Crippen LogP contribution >= 0.6 is 24.0 Å². The zero-order valence-electron chi connectivity index (χ0n) is 16.1. The molecular weight excluding hydrogens is 453 g/mol. The third-order valence-electron chi connectivity index (χ3n) is 4.60. The van der Waals surface area contributed by atoms with Crippen molar-refractivity contribution in [3.63, 3.8) is 0 Å². The monoisotopic (exact) mass is 483 g/mol. The van der Waals surface area contributed by atoms with E-state index in [1.807, 2.05) is 24.3 Å². The highest BCUT2D eigenvalue weighted by atomic mass is 127. The summed E-state index contributed by atoms with van der Waals surface area (Å²) in [6, 6.07) is 12.3. The van der Waals surface area contributed by atoms with E-state index in [2.05, 4.69) is 39.6 Å². The molecule has 2 N–H and O–H groups in total. The Hall–Kier alpha value is -1.61. The first kappa shape index (κ1) is 21.7. The van der Waals surface area contributed by atoms with Crippen LogP contribution in [0.5, 0.6) is 0 Å². The van der Waals surface area contributed by atoms with E-state index in [0.717, 1.165) is 61.9 Å². The van der Waals surface area contributed by atoms with Crippen LogP contribution in [0.4, 0.5) is 5.82 Å². The summed E-state index contributed by atoms with van der Waals surface area (Å²) in [7, 11) is 1.77. The van der Waals surface area contributed by atoms with E-state index in [0.29, 0.717) is 12.5 Å². The molecule has 1 atom stereocenters. The number of benzene rings is 1. The van der Waals surface area contributed by atoms with Crippen LogP contribution in [0, 0.1) is 5.92 Å². The molecule has 1 fully saturated rings. The molecule has 1 saturated heterocycles. The average molecular weight is 483 g/mol. The number of nitrogens with one attached hydrogen (secondary N) is 2. The van der Waals surface area contributed by atoms with Gasteiger partial charge < -0.3 is 20.3 Å². The topological polar surface area (TPSA) is 61.8 Å². The van der Waals surface area contributed by atoms with Crippen molar-refractivity contribution < 1.29 is 4.74 Å². The molecule has 0 radical (unpaired) electrons. The molecule has 2 aromatic rings. The molecule has 0 aliphatic carbocycles. The molecule has 1 unspecified atom stereocenters. The maximum Gasteiger partial charge on any atom is 0.193 e. The van der Waals surface area contributed by atoms with Crippen molar-refractivity contribution in [2.75, 3.05) is 51.8 Å². The fourth-order valence-electron chi connectivity index (χ4n) is 3.33. The van der Waals surface area contributed by atoms with Crippen LogP contribution in [-0.4, -0.2) is 62.3 Å². The molecule has 1 aliphatic heterocycles. The second-order valence-electron chi connectivity index (χ2n) is 6.61. The normalized spacial score (nSPS) is 17.0. The van der Waals surface area contributed by atoms with Gasteiger partial charge in [0.25, 0.3) is 0 Å². The van der Waals surface area contributed by atoms with Crippen LogP contribution in [0.3, 0.4) is 0 Å². The van der Waals surface area contributed by atoms with Crippen molar-refractivity contribution in [1.82, 2.24) is 15.2 Å². The second kappa shape index (κ2) is 11.3. The van der Waals surface area contributed by atoms with Crippen molar-refractivity contribution in [1.29, 1.82) is 0 Å². The summed E-state index contributed by atoms with van der Waals surface area (Å²) in [5.41, 5.74) is 1.01. The lowest BCUT2D eigenvalue weighted by molar-refractivity contribution is 0.157. The molecule has 3 rings (SSSR count). The number of guanidine groups is 1. The van der Waals surface area contributed by atoms with E-state index < -0.39 is 0 Å². The molecule has 0 bridgehead atoms. The SMILES string of the molecule is CCNC(=NCCNc1ccc2ccccc2n1)N1CCC(COC)C1.I. The van der Waals surface area contributed by atoms with E-state index >= 15 is 0 Å². The molecule has 148 valence electrons. The van der Waals surface area contributed by atoms with Gasteiger partial charge in [-0.05, 0) is 31.5 Å². The summed E-state index contributed by atoms with van der Waals surface area (Å²) >= 11 is 0. The number of likely N-dealkylation sites (tertiary alicyclic amines) is 1. The van der Waals surface area contributed by atoms with E-state index in [1.54, 1.807) is 7.11 Å². The standard InChI is InChI=1S/C20H29N5O.HI/c1-3-21-20(25-13-10-16(14-25)15-26-2)23-12-11-22-19-9-8-17-6-4-5-7-18(17)24-19;/h4-9,16H,3,10-15H2,1-2H3,(H,21,23)(H,22,24);1H. The van der Waals surface area contributed by atoms with Crippen LogP contribution in [-0.2, 0) is 4.74 Å². The van der Waals surface area contributed by atoms with Crippen molar-refractivity contribution in [3.8, 4) is 0 Å². The summed E-state index contributed by atoms with van der Waals surface area (Å²) in [5.74, 6) is 2.49. The van der Waals surface area contributed by atoms with Gasteiger partial charge in [0, 0.05) is 44.6 Å². The molecule has 1 aromatic heterocycles. The molecule has 7 heteroatoms. The first-order chi connectivity index (χ1) is 12.8. The second-order valence-corrected chi connectivity index (χ2v) is 6.61. The number of halogens is 1. The van der Waals surface area contributed by atoms with Crippen LogP contribution in [0.25, 0.3) is 10.9 Å². The number of aromatic nitrogens is 1. The summed E-state index contributed by atoms with van der Waals surface area (Å²) < 4.78 is 5.29. The largest absolute Gasteiger partial charge is 0.384 e. The Labute approximate surface area is 178 Å². The Morgan fingerprint density at radius 2 is 2.15 bits per heavy atom. The maximum atomic E-state index is 5.29. The molecule has 0 amide bonds. The Morgan fingerprint density at radius 3 is 2.96 bits per heavy atom. The zero-order chi connectivity index (χ0) is 18.2. The predicted octanol–water partition coefficient (Wildman–Crippen LogP) is 3.20. The minimum absolute atomic E-state index is 0. The van der Waals surface area contributed by atoms with Gasteiger partial charge in [0.1, 0.15) is 5.82 Å². The first-order valence-electron chi connectivity index (χ1n) is 9.42. The van der Waals surface area contributed by atoms with E-state index in [9.17, 15) is 0 Å². The van der Waals surface area contributed by atoms with Gasteiger partial charge in [-0.15, -0.1) is 24.0 Å².